The maximum absolute atomic E-state index is 11.4. The van der Waals surface area contributed by atoms with Crippen LogP contribution < -0.4 is 5.32 Å². The molecular weight excluding hydrogens is 246 g/mol. The third kappa shape index (κ3) is 3.94. The maximum atomic E-state index is 11.4. The van der Waals surface area contributed by atoms with E-state index in [1.165, 1.54) is 0 Å². The third-order valence-corrected chi connectivity index (χ3v) is 2.24. The van der Waals surface area contributed by atoms with Crippen LogP contribution in [-0.4, -0.2) is 28.2 Å². The highest BCUT2D eigenvalue weighted by Gasteiger charge is 2.15. The first-order valence-electron chi connectivity index (χ1n) is 6.10. The Morgan fingerprint density at radius 1 is 1.47 bits per heavy atom. The monoisotopic (exact) mass is 263 g/mol. The molecule has 0 aromatic carbocycles. The van der Waals surface area contributed by atoms with E-state index in [1.807, 2.05) is 20.8 Å². The fourth-order valence-corrected chi connectivity index (χ4v) is 1.52. The molecule has 19 heavy (non-hydrogen) atoms. The number of ether oxygens (including phenoxy) is 1. The Balaban J connectivity index is 1.84. The molecule has 2 aromatic rings. The first-order valence-corrected chi connectivity index (χ1v) is 6.10. The Morgan fingerprint density at radius 2 is 2.26 bits per heavy atom. The van der Waals surface area contributed by atoms with Crippen molar-refractivity contribution < 1.29 is 13.9 Å². The Morgan fingerprint density at radius 3 is 2.95 bits per heavy atom. The van der Waals surface area contributed by atoms with Crippen molar-refractivity contribution in [1.82, 2.24) is 15.3 Å². The average molecular weight is 263 g/mol. The van der Waals surface area contributed by atoms with Gasteiger partial charge in [0.15, 0.2) is 11.5 Å². The molecule has 102 valence electrons. The summed E-state index contributed by atoms with van der Waals surface area (Å²) in [5, 5.41) is 2.66. The molecule has 1 N–H and O–H groups in total. The van der Waals surface area contributed by atoms with Gasteiger partial charge in [0.2, 0.25) is 0 Å². The fourth-order valence-electron chi connectivity index (χ4n) is 1.52. The van der Waals surface area contributed by atoms with Crippen LogP contribution in [-0.2, 0) is 11.2 Å². The number of amides is 1. The van der Waals surface area contributed by atoms with Crippen LogP contribution in [0.2, 0.25) is 0 Å². The van der Waals surface area contributed by atoms with Gasteiger partial charge in [0.05, 0.1) is 6.20 Å². The second-order valence-corrected chi connectivity index (χ2v) is 5.13. The van der Waals surface area contributed by atoms with Gasteiger partial charge in [-0.25, -0.2) is 9.78 Å². The first kappa shape index (κ1) is 13.3. The number of hydrogen-bond donors (Lipinski definition) is 1. The number of hydrogen-bond acceptors (Lipinski definition) is 5. The van der Waals surface area contributed by atoms with E-state index in [1.54, 1.807) is 18.5 Å². The van der Waals surface area contributed by atoms with Crippen molar-refractivity contribution in [2.45, 2.75) is 32.8 Å². The Labute approximate surface area is 111 Å². The van der Waals surface area contributed by atoms with Gasteiger partial charge in [0.1, 0.15) is 11.1 Å². The molecule has 0 spiro atoms. The summed E-state index contributed by atoms with van der Waals surface area (Å²) in [4.78, 5) is 19.7. The van der Waals surface area contributed by atoms with Crippen LogP contribution in [0.3, 0.4) is 0 Å². The van der Waals surface area contributed by atoms with E-state index in [2.05, 4.69) is 15.3 Å². The minimum Gasteiger partial charge on any atom is -0.444 e. The standard InChI is InChI=1S/C13H17N3O3/c1-13(2,3)19-12(17)15-7-5-11-16-9-8-14-6-4-10(9)18-11/h4,6,8H,5,7H2,1-3H3,(H,15,17). The van der Waals surface area contributed by atoms with Gasteiger partial charge in [-0.2, -0.15) is 0 Å². The molecule has 0 aliphatic rings. The van der Waals surface area contributed by atoms with E-state index in [9.17, 15) is 4.79 Å². The van der Waals surface area contributed by atoms with E-state index in [-0.39, 0.29) is 0 Å². The van der Waals surface area contributed by atoms with Crippen LogP contribution in [0, 0.1) is 0 Å². The second-order valence-electron chi connectivity index (χ2n) is 5.13. The predicted molar refractivity (Wildman–Crippen MR) is 69.7 cm³/mol. The number of nitrogens with one attached hydrogen (secondary N) is 1. The van der Waals surface area contributed by atoms with Crippen molar-refractivity contribution in [2.24, 2.45) is 0 Å². The van der Waals surface area contributed by atoms with Crippen molar-refractivity contribution in [3.8, 4) is 0 Å². The highest BCUT2D eigenvalue weighted by atomic mass is 16.6. The average Bonchev–Trinajstić information content (AvgIpc) is 2.68. The predicted octanol–water partition coefficient (Wildman–Crippen LogP) is 2.29. The van der Waals surface area contributed by atoms with Crippen LogP contribution in [0.15, 0.2) is 22.9 Å². The Kier molecular flexibility index (Phi) is 3.69. The number of rotatable bonds is 3. The molecule has 0 aliphatic carbocycles. The molecule has 2 aromatic heterocycles. The molecule has 0 saturated carbocycles. The molecule has 6 heteroatoms. The number of oxazole rings is 1. The number of alkyl carbamates (subject to hydrolysis) is 1. The zero-order valence-corrected chi connectivity index (χ0v) is 11.3. The molecule has 0 radical (unpaired) electrons. The van der Waals surface area contributed by atoms with Gasteiger partial charge in [-0.1, -0.05) is 0 Å². The number of aromatic nitrogens is 2. The molecule has 0 bridgehead atoms. The van der Waals surface area contributed by atoms with E-state index in [0.717, 1.165) is 5.52 Å². The largest absolute Gasteiger partial charge is 0.444 e. The van der Waals surface area contributed by atoms with Gasteiger partial charge in [-0.3, -0.25) is 4.98 Å². The lowest BCUT2D eigenvalue weighted by Crippen LogP contribution is -2.33. The quantitative estimate of drug-likeness (QED) is 0.919. The maximum Gasteiger partial charge on any atom is 0.407 e. The zero-order valence-electron chi connectivity index (χ0n) is 11.3. The lowest BCUT2D eigenvalue weighted by atomic mass is 10.2. The topological polar surface area (TPSA) is 77.2 Å². The number of fused-ring (bicyclic) bond motifs is 1. The number of carbonyl (C=O) groups is 1. The van der Waals surface area contributed by atoms with Crippen molar-refractivity contribution >= 4 is 17.2 Å². The number of nitrogens with zero attached hydrogens (tertiary/aromatic N) is 2. The SMILES string of the molecule is CC(C)(C)OC(=O)NCCc1nc2cnccc2o1. The molecule has 0 unspecified atom stereocenters. The minimum atomic E-state index is -0.493. The van der Waals surface area contributed by atoms with Gasteiger partial charge in [0, 0.05) is 25.2 Å². The summed E-state index contributed by atoms with van der Waals surface area (Å²) in [6, 6.07) is 1.76. The highest BCUT2D eigenvalue weighted by molar-refractivity contribution is 5.70. The van der Waals surface area contributed by atoms with Gasteiger partial charge >= 0.3 is 6.09 Å². The van der Waals surface area contributed by atoms with E-state index < -0.39 is 11.7 Å². The molecule has 0 aliphatic heterocycles. The van der Waals surface area contributed by atoms with Gasteiger partial charge in [-0.05, 0) is 20.8 Å². The van der Waals surface area contributed by atoms with E-state index in [0.29, 0.717) is 24.4 Å². The van der Waals surface area contributed by atoms with Crippen molar-refractivity contribution in [3.05, 3.63) is 24.4 Å². The molecule has 1 amide bonds. The van der Waals surface area contributed by atoms with Crippen LogP contribution in [0.5, 0.6) is 0 Å². The van der Waals surface area contributed by atoms with Gasteiger partial charge in [-0.15, -0.1) is 0 Å². The van der Waals surface area contributed by atoms with Gasteiger partial charge in [0.25, 0.3) is 0 Å². The molecule has 0 saturated heterocycles. The molecule has 0 atom stereocenters. The normalized spacial score (nSPS) is 11.5. The first-order chi connectivity index (χ1) is 8.94. The molecule has 2 rings (SSSR count). The number of pyridine rings is 1. The lowest BCUT2D eigenvalue weighted by molar-refractivity contribution is 0.0528. The van der Waals surface area contributed by atoms with Gasteiger partial charge < -0.3 is 14.5 Å². The molecule has 0 fully saturated rings. The molecule has 2 heterocycles. The zero-order chi connectivity index (χ0) is 13.9. The summed E-state index contributed by atoms with van der Waals surface area (Å²) in [6.45, 7) is 5.87. The summed E-state index contributed by atoms with van der Waals surface area (Å²) in [6.07, 6.45) is 3.36. The molecule has 6 nitrogen and oxygen atoms in total. The number of carbonyl (C=O) groups excluding carboxylic acids is 1. The Hall–Kier alpha value is -2.11. The van der Waals surface area contributed by atoms with Crippen LogP contribution in [0.1, 0.15) is 26.7 Å². The van der Waals surface area contributed by atoms with Crippen LogP contribution in [0.4, 0.5) is 4.79 Å². The smallest absolute Gasteiger partial charge is 0.407 e. The van der Waals surface area contributed by atoms with Crippen LogP contribution >= 0.6 is 0 Å². The summed E-state index contributed by atoms with van der Waals surface area (Å²) < 4.78 is 10.6. The van der Waals surface area contributed by atoms with E-state index >= 15 is 0 Å². The van der Waals surface area contributed by atoms with Crippen LogP contribution in [0.25, 0.3) is 11.1 Å². The summed E-state index contributed by atoms with van der Waals surface area (Å²) in [5.74, 6) is 0.569. The van der Waals surface area contributed by atoms with E-state index in [4.69, 9.17) is 9.15 Å². The summed E-state index contributed by atoms with van der Waals surface area (Å²) in [5.41, 5.74) is 0.921. The second kappa shape index (κ2) is 5.26. The van der Waals surface area contributed by atoms with Crippen molar-refractivity contribution in [2.75, 3.05) is 6.54 Å². The van der Waals surface area contributed by atoms with Crippen molar-refractivity contribution in [3.63, 3.8) is 0 Å². The summed E-state index contributed by atoms with van der Waals surface area (Å²) >= 11 is 0. The van der Waals surface area contributed by atoms with Crippen molar-refractivity contribution in [1.29, 1.82) is 0 Å². The fraction of sp³-hybridized carbons (Fsp3) is 0.462. The lowest BCUT2D eigenvalue weighted by Gasteiger charge is -2.19. The highest BCUT2D eigenvalue weighted by Crippen LogP contribution is 2.13. The minimum absolute atomic E-state index is 0.412. The third-order valence-electron chi connectivity index (χ3n) is 2.24. The molecular formula is C13H17N3O3. The Bertz CT molecular complexity index is 539. The summed E-state index contributed by atoms with van der Waals surface area (Å²) in [7, 11) is 0.